The first kappa shape index (κ1) is 13.3. The Morgan fingerprint density at radius 3 is 2.76 bits per heavy atom. The third-order valence-corrected chi connectivity index (χ3v) is 2.50. The number of ether oxygens (including phenoxy) is 1. The van der Waals surface area contributed by atoms with Gasteiger partial charge in [0.1, 0.15) is 11.4 Å². The maximum Gasteiger partial charge on any atom is 0.345 e. The zero-order valence-electron chi connectivity index (χ0n) is 10.6. The summed E-state index contributed by atoms with van der Waals surface area (Å²) in [5.74, 6) is 0.393. The highest BCUT2D eigenvalue weighted by Gasteiger charge is 2.21. The number of hydrogen-bond acceptors (Lipinski definition) is 5. The second-order valence-electron chi connectivity index (χ2n) is 3.70. The average molecular weight is 240 g/mol. The molecule has 1 aromatic rings. The lowest BCUT2D eigenvalue weighted by Crippen LogP contribution is -2.10. The van der Waals surface area contributed by atoms with Crippen LogP contribution in [0.4, 0.5) is 11.6 Å². The van der Waals surface area contributed by atoms with Gasteiger partial charge < -0.3 is 15.8 Å². The number of aromatic nitrogens is 2. The number of hydrogen-bond donors (Lipinski definition) is 2. The Bertz CT molecular complexity index is 387. The normalized spacial score (nSPS) is 10.3. The SMILES string of the molecule is CCCCNc1nn(CC)c(N)c1C(=O)OC. The zero-order valence-corrected chi connectivity index (χ0v) is 10.6. The fourth-order valence-electron chi connectivity index (χ4n) is 1.53. The van der Waals surface area contributed by atoms with E-state index in [1.165, 1.54) is 7.11 Å². The summed E-state index contributed by atoms with van der Waals surface area (Å²) in [6.45, 7) is 5.40. The van der Waals surface area contributed by atoms with Gasteiger partial charge in [-0.3, -0.25) is 0 Å². The molecular formula is C11H20N4O2. The van der Waals surface area contributed by atoms with Gasteiger partial charge >= 0.3 is 5.97 Å². The molecule has 0 bridgehead atoms. The van der Waals surface area contributed by atoms with E-state index >= 15 is 0 Å². The number of nitrogens with two attached hydrogens (primary N) is 1. The molecule has 0 amide bonds. The number of carbonyl (C=O) groups is 1. The molecule has 0 aromatic carbocycles. The maximum atomic E-state index is 11.6. The molecule has 0 fully saturated rings. The second kappa shape index (κ2) is 6.12. The molecule has 0 aliphatic carbocycles. The molecule has 6 heteroatoms. The van der Waals surface area contributed by atoms with Gasteiger partial charge in [0.2, 0.25) is 0 Å². The monoisotopic (exact) mass is 240 g/mol. The largest absolute Gasteiger partial charge is 0.465 e. The van der Waals surface area contributed by atoms with Gasteiger partial charge in [0.25, 0.3) is 0 Å². The highest BCUT2D eigenvalue weighted by atomic mass is 16.5. The molecule has 3 N–H and O–H groups in total. The summed E-state index contributed by atoms with van der Waals surface area (Å²) < 4.78 is 6.29. The molecular weight excluding hydrogens is 220 g/mol. The molecule has 1 heterocycles. The van der Waals surface area contributed by atoms with Crippen LogP contribution in [0.3, 0.4) is 0 Å². The van der Waals surface area contributed by atoms with E-state index in [4.69, 9.17) is 10.5 Å². The number of unbranched alkanes of at least 4 members (excludes halogenated alkanes) is 1. The standard InChI is InChI=1S/C11H20N4O2/c1-4-6-7-13-10-8(11(16)17-3)9(12)15(5-2)14-10/h4-7,12H2,1-3H3,(H,13,14). The quantitative estimate of drug-likeness (QED) is 0.581. The number of carbonyl (C=O) groups excluding carboxylic acids is 1. The summed E-state index contributed by atoms with van der Waals surface area (Å²) in [5.41, 5.74) is 6.18. The number of nitrogens with zero attached hydrogens (tertiary/aromatic N) is 2. The number of nitrogen functional groups attached to an aromatic ring is 1. The van der Waals surface area contributed by atoms with Crippen LogP contribution in [-0.4, -0.2) is 29.4 Å². The lowest BCUT2D eigenvalue weighted by Gasteiger charge is -2.03. The number of esters is 1. The number of methoxy groups -OCH3 is 1. The van der Waals surface area contributed by atoms with E-state index in [1.54, 1.807) is 4.68 Å². The molecule has 96 valence electrons. The first-order valence-electron chi connectivity index (χ1n) is 5.84. The van der Waals surface area contributed by atoms with Crippen LogP contribution in [0.2, 0.25) is 0 Å². The summed E-state index contributed by atoms with van der Waals surface area (Å²) in [7, 11) is 1.33. The van der Waals surface area contributed by atoms with Gasteiger partial charge in [-0.2, -0.15) is 5.10 Å². The average Bonchev–Trinajstić information content (AvgIpc) is 2.65. The van der Waals surface area contributed by atoms with Crippen LogP contribution >= 0.6 is 0 Å². The lowest BCUT2D eigenvalue weighted by atomic mass is 10.3. The van der Waals surface area contributed by atoms with Crippen molar-refractivity contribution in [2.75, 3.05) is 24.7 Å². The van der Waals surface area contributed by atoms with Crippen molar-refractivity contribution in [3.8, 4) is 0 Å². The zero-order chi connectivity index (χ0) is 12.8. The Labute approximate surface area is 101 Å². The summed E-state index contributed by atoms with van der Waals surface area (Å²) in [6, 6.07) is 0. The van der Waals surface area contributed by atoms with Crippen molar-refractivity contribution in [1.29, 1.82) is 0 Å². The van der Waals surface area contributed by atoms with E-state index in [0.29, 0.717) is 23.7 Å². The van der Waals surface area contributed by atoms with Crippen LogP contribution in [0.15, 0.2) is 0 Å². The molecule has 17 heavy (non-hydrogen) atoms. The highest BCUT2D eigenvalue weighted by Crippen LogP contribution is 2.22. The van der Waals surface area contributed by atoms with Crippen LogP contribution in [0, 0.1) is 0 Å². The van der Waals surface area contributed by atoms with Crippen molar-refractivity contribution in [3.05, 3.63) is 5.56 Å². The predicted molar refractivity (Wildman–Crippen MR) is 67.1 cm³/mol. The third-order valence-electron chi connectivity index (χ3n) is 2.50. The van der Waals surface area contributed by atoms with Crippen molar-refractivity contribution < 1.29 is 9.53 Å². The van der Waals surface area contributed by atoms with Crippen molar-refractivity contribution in [2.45, 2.75) is 33.2 Å². The molecule has 0 aliphatic heterocycles. The molecule has 0 radical (unpaired) electrons. The van der Waals surface area contributed by atoms with Crippen LogP contribution in [0.25, 0.3) is 0 Å². The number of rotatable bonds is 6. The van der Waals surface area contributed by atoms with Gasteiger partial charge in [-0.05, 0) is 13.3 Å². The van der Waals surface area contributed by atoms with Gasteiger partial charge in [0.15, 0.2) is 5.82 Å². The van der Waals surface area contributed by atoms with Gasteiger partial charge in [-0.25, -0.2) is 9.48 Å². The Balaban J connectivity index is 2.97. The summed E-state index contributed by atoms with van der Waals surface area (Å²) in [6.07, 6.45) is 2.09. The van der Waals surface area contributed by atoms with Crippen LogP contribution < -0.4 is 11.1 Å². The summed E-state index contributed by atoms with van der Waals surface area (Å²) in [5, 5.41) is 7.36. The van der Waals surface area contributed by atoms with E-state index in [0.717, 1.165) is 19.4 Å². The Morgan fingerprint density at radius 2 is 2.24 bits per heavy atom. The lowest BCUT2D eigenvalue weighted by molar-refractivity contribution is 0.0603. The Morgan fingerprint density at radius 1 is 1.53 bits per heavy atom. The number of aryl methyl sites for hydroxylation is 1. The van der Waals surface area contributed by atoms with Gasteiger partial charge in [-0.15, -0.1) is 0 Å². The van der Waals surface area contributed by atoms with Gasteiger partial charge in [-0.1, -0.05) is 13.3 Å². The molecule has 0 aliphatic rings. The molecule has 0 saturated heterocycles. The van der Waals surface area contributed by atoms with Gasteiger partial charge in [0, 0.05) is 13.1 Å². The van der Waals surface area contributed by atoms with E-state index in [9.17, 15) is 4.79 Å². The van der Waals surface area contributed by atoms with Crippen LogP contribution in [-0.2, 0) is 11.3 Å². The van der Waals surface area contributed by atoms with E-state index in [-0.39, 0.29) is 0 Å². The second-order valence-corrected chi connectivity index (χ2v) is 3.70. The minimum Gasteiger partial charge on any atom is -0.465 e. The van der Waals surface area contributed by atoms with E-state index in [2.05, 4.69) is 17.3 Å². The minimum absolute atomic E-state index is 0.324. The van der Waals surface area contributed by atoms with E-state index < -0.39 is 5.97 Å². The molecule has 0 atom stereocenters. The fourth-order valence-corrected chi connectivity index (χ4v) is 1.53. The van der Waals surface area contributed by atoms with E-state index in [1.807, 2.05) is 6.92 Å². The fraction of sp³-hybridized carbons (Fsp3) is 0.636. The van der Waals surface area contributed by atoms with Crippen molar-refractivity contribution in [3.63, 3.8) is 0 Å². The Hall–Kier alpha value is -1.72. The van der Waals surface area contributed by atoms with Gasteiger partial charge in [0.05, 0.1) is 7.11 Å². The molecule has 0 saturated carbocycles. The molecule has 0 unspecified atom stereocenters. The number of nitrogens with one attached hydrogen (secondary N) is 1. The Kier molecular flexibility index (Phi) is 4.81. The minimum atomic E-state index is -0.457. The summed E-state index contributed by atoms with van der Waals surface area (Å²) >= 11 is 0. The summed E-state index contributed by atoms with van der Waals surface area (Å²) in [4.78, 5) is 11.6. The molecule has 0 spiro atoms. The topological polar surface area (TPSA) is 82.2 Å². The van der Waals surface area contributed by atoms with Crippen LogP contribution in [0.1, 0.15) is 37.0 Å². The predicted octanol–water partition coefficient (Wildman–Crippen LogP) is 1.48. The highest BCUT2D eigenvalue weighted by molar-refractivity contribution is 5.99. The number of anilines is 2. The van der Waals surface area contributed by atoms with Crippen LogP contribution in [0.5, 0.6) is 0 Å². The first-order chi connectivity index (χ1) is 8.15. The van der Waals surface area contributed by atoms with Crippen molar-refractivity contribution >= 4 is 17.6 Å². The maximum absolute atomic E-state index is 11.6. The smallest absolute Gasteiger partial charge is 0.345 e. The van der Waals surface area contributed by atoms with Crippen molar-refractivity contribution in [1.82, 2.24) is 9.78 Å². The molecule has 1 aromatic heterocycles. The first-order valence-corrected chi connectivity index (χ1v) is 5.84. The van der Waals surface area contributed by atoms with Crippen molar-refractivity contribution in [2.24, 2.45) is 0 Å². The third kappa shape index (κ3) is 2.89. The molecule has 1 rings (SSSR count). The molecule has 6 nitrogen and oxygen atoms in total.